The van der Waals surface area contributed by atoms with Crippen LogP contribution in [0.3, 0.4) is 0 Å². The molecular weight excluding hydrogens is 568 g/mol. The number of carbonyl (C=O) groups excluding carboxylic acids is 3. The lowest BCUT2D eigenvalue weighted by Crippen LogP contribution is -2.58. The van der Waals surface area contributed by atoms with E-state index in [2.05, 4.69) is 29.1 Å². The molecule has 3 unspecified atom stereocenters. The Hall–Kier alpha value is -2.10. The molecule has 1 aromatic carbocycles. The minimum atomic E-state index is -0.835. The molecule has 0 aromatic heterocycles. The number of aliphatic hydroxyl groups excluding tert-OH is 1. The standard InChI is InChI=1S/C29H37BrN2O5S/c1-6-9-13-37-28(36)22-23-26(34)32(19(8-3)16-33)25(29(23)15-20(30)24(22)38-29)27(35)31(12-7-2)21-14-17(4)10-11-18(21)5/h6-7,10-11,14,19-20,22-25,33H,1-2,8-9,12-13,15-16H2,3-5H3/t19-,20?,22+,23-,24+,25?,29?/m0/s1. The van der Waals surface area contributed by atoms with Gasteiger partial charge in [0, 0.05) is 22.3 Å². The molecule has 0 saturated carbocycles. The lowest BCUT2D eigenvalue weighted by Gasteiger charge is -2.40. The number of hydrogen-bond donors (Lipinski definition) is 1. The molecule has 0 aliphatic carbocycles. The number of hydrogen-bond acceptors (Lipinski definition) is 6. The number of carbonyl (C=O) groups is 3. The van der Waals surface area contributed by atoms with Gasteiger partial charge in [0.1, 0.15) is 6.04 Å². The fraction of sp³-hybridized carbons (Fsp3) is 0.552. The van der Waals surface area contributed by atoms with Gasteiger partial charge >= 0.3 is 5.97 Å². The molecule has 1 aromatic rings. The molecule has 206 valence electrons. The van der Waals surface area contributed by atoms with E-state index in [4.69, 9.17) is 4.74 Å². The van der Waals surface area contributed by atoms with Gasteiger partial charge < -0.3 is 19.6 Å². The number of aliphatic hydroxyl groups is 1. The second kappa shape index (κ2) is 11.6. The molecule has 1 N–H and O–H groups in total. The van der Waals surface area contributed by atoms with E-state index in [0.29, 0.717) is 19.3 Å². The van der Waals surface area contributed by atoms with Gasteiger partial charge in [0.25, 0.3) is 5.91 Å². The van der Waals surface area contributed by atoms with E-state index >= 15 is 0 Å². The number of likely N-dealkylation sites (tertiary alicyclic amines) is 1. The van der Waals surface area contributed by atoms with Gasteiger partial charge in [-0.15, -0.1) is 24.9 Å². The van der Waals surface area contributed by atoms with Gasteiger partial charge in [-0.3, -0.25) is 14.4 Å². The Bertz CT molecular complexity index is 1120. The van der Waals surface area contributed by atoms with Crippen LogP contribution in [0.15, 0.2) is 43.5 Å². The molecule has 3 heterocycles. The molecule has 3 saturated heterocycles. The van der Waals surface area contributed by atoms with E-state index in [0.717, 1.165) is 16.8 Å². The molecular formula is C29H37BrN2O5S. The number of esters is 1. The Morgan fingerprint density at radius 2 is 2.08 bits per heavy atom. The van der Waals surface area contributed by atoms with Gasteiger partial charge in [0.05, 0.1) is 35.8 Å². The molecule has 3 aliphatic rings. The monoisotopic (exact) mass is 604 g/mol. The smallest absolute Gasteiger partial charge is 0.310 e. The molecule has 3 fully saturated rings. The summed E-state index contributed by atoms with van der Waals surface area (Å²) >= 11 is 5.34. The van der Waals surface area contributed by atoms with E-state index in [1.54, 1.807) is 33.7 Å². The number of ether oxygens (including phenoxy) is 1. The van der Waals surface area contributed by atoms with Gasteiger partial charge in [-0.2, -0.15) is 0 Å². The molecule has 1 spiro atoms. The molecule has 2 bridgehead atoms. The van der Waals surface area contributed by atoms with Gasteiger partial charge in [0.2, 0.25) is 5.91 Å². The number of halogens is 1. The number of alkyl halides is 1. The minimum absolute atomic E-state index is 0.0495. The SMILES string of the molecule is C=CCCOC(=O)[C@H]1[C@@H]2SC3(CC2Br)C(C(=O)N(CC=C)c2cc(C)ccc2C)N([C@@H](CC)CO)C(=O)[C@H]13. The van der Waals surface area contributed by atoms with E-state index in [9.17, 15) is 19.5 Å². The number of amides is 2. The summed E-state index contributed by atoms with van der Waals surface area (Å²) in [6.07, 6.45) is 4.95. The van der Waals surface area contributed by atoms with Gasteiger partial charge in [-0.05, 0) is 50.3 Å². The molecule has 9 heteroatoms. The quantitative estimate of drug-likeness (QED) is 0.176. The predicted molar refractivity (Wildman–Crippen MR) is 154 cm³/mol. The van der Waals surface area contributed by atoms with E-state index in [1.807, 2.05) is 39.0 Å². The Balaban J connectivity index is 1.82. The van der Waals surface area contributed by atoms with Gasteiger partial charge in [-0.25, -0.2) is 0 Å². The molecule has 0 radical (unpaired) electrons. The summed E-state index contributed by atoms with van der Waals surface area (Å²) in [7, 11) is 0. The zero-order chi connectivity index (χ0) is 27.8. The number of benzene rings is 1. The van der Waals surface area contributed by atoms with Crippen molar-refractivity contribution in [3.8, 4) is 0 Å². The number of thioether (sulfide) groups is 1. The van der Waals surface area contributed by atoms with Crippen molar-refractivity contribution >= 4 is 51.2 Å². The zero-order valence-corrected chi connectivity index (χ0v) is 24.7. The number of aryl methyl sites for hydroxylation is 2. The Morgan fingerprint density at radius 1 is 1.34 bits per heavy atom. The first-order valence-corrected chi connectivity index (χ1v) is 15.0. The average molecular weight is 606 g/mol. The average Bonchev–Trinajstić information content (AvgIpc) is 3.48. The first kappa shape index (κ1) is 28.9. The van der Waals surface area contributed by atoms with Crippen molar-refractivity contribution in [3.05, 3.63) is 54.6 Å². The van der Waals surface area contributed by atoms with Crippen LogP contribution < -0.4 is 4.90 Å². The van der Waals surface area contributed by atoms with Crippen molar-refractivity contribution in [2.75, 3.05) is 24.7 Å². The van der Waals surface area contributed by atoms with Crippen LogP contribution in [0.1, 0.15) is 37.3 Å². The van der Waals surface area contributed by atoms with Crippen LogP contribution in [0.4, 0.5) is 5.69 Å². The number of nitrogens with zero attached hydrogens (tertiary/aromatic N) is 2. The second-order valence-corrected chi connectivity index (χ2v) is 13.1. The van der Waals surface area contributed by atoms with Crippen LogP contribution >= 0.6 is 27.7 Å². The largest absolute Gasteiger partial charge is 0.465 e. The fourth-order valence-corrected chi connectivity index (χ4v) is 9.94. The third kappa shape index (κ3) is 4.64. The molecule has 38 heavy (non-hydrogen) atoms. The summed E-state index contributed by atoms with van der Waals surface area (Å²) in [5, 5.41) is 10.1. The van der Waals surface area contributed by atoms with Crippen molar-refractivity contribution in [3.63, 3.8) is 0 Å². The second-order valence-electron chi connectivity index (χ2n) is 10.4. The van der Waals surface area contributed by atoms with Crippen molar-refractivity contribution in [2.45, 2.75) is 66.9 Å². The summed E-state index contributed by atoms with van der Waals surface area (Å²) in [4.78, 5) is 45.5. The van der Waals surface area contributed by atoms with Gasteiger partial charge in [0.15, 0.2) is 0 Å². The molecule has 7 nitrogen and oxygen atoms in total. The lowest BCUT2D eigenvalue weighted by molar-refractivity contribution is -0.154. The van der Waals surface area contributed by atoms with E-state index < -0.39 is 34.6 Å². The maximum atomic E-state index is 14.7. The fourth-order valence-electron chi connectivity index (χ4n) is 6.36. The third-order valence-electron chi connectivity index (χ3n) is 8.11. The molecule has 3 aliphatic heterocycles. The van der Waals surface area contributed by atoms with Crippen LogP contribution in [0.25, 0.3) is 0 Å². The highest BCUT2D eigenvalue weighted by molar-refractivity contribution is 9.09. The number of rotatable bonds is 11. The third-order valence-corrected chi connectivity index (χ3v) is 11.3. The maximum Gasteiger partial charge on any atom is 0.310 e. The van der Waals surface area contributed by atoms with Crippen LogP contribution in [0.5, 0.6) is 0 Å². The predicted octanol–water partition coefficient (Wildman–Crippen LogP) is 4.18. The summed E-state index contributed by atoms with van der Waals surface area (Å²) in [5.41, 5.74) is 2.73. The van der Waals surface area contributed by atoms with Crippen LogP contribution in [-0.4, -0.2) is 74.5 Å². The van der Waals surface area contributed by atoms with Crippen LogP contribution in [-0.2, 0) is 19.1 Å². The Morgan fingerprint density at radius 3 is 2.71 bits per heavy atom. The Kier molecular flexibility index (Phi) is 8.79. The van der Waals surface area contributed by atoms with Crippen molar-refractivity contribution < 1.29 is 24.2 Å². The summed E-state index contributed by atoms with van der Waals surface area (Å²) < 4.78 is 4.77. The Labute approximate surface area is 237 Å². The first-order chi connectivity index (χ1) is 18.2. The molecule has 4 rings (SSSR count). The molecule has 2 amide bonds. The van der Waals surface area contributed by atoms with Gasteiger partial charge in [-0.1, -0.05) is 47.1 Å². The normalized spacial score (nSPS) is 30.2. The first-order valence-electron chi connectivity index (χ1n) is 13.2. The topological polar surface area (TPSA) is 87.2 Å². The van der Waals surface area contributed by atoms with Crippen LogP contribution in [0, 0.1) is 25.7 Å². The van der Waals surface area contributed by atoms with E-state index in [1.165, 1.54) is 0 Å². The zero-order valence-electron chi connectivity index (χ0n) is 22.3. The number of anilines is 1. The highest BCUT2D eigenvalue weighted by atomic mass is 79.9. The van der Waals surface area contributed by atoms with E-state index in [-0.39, 0.29) is 41.6 Å². The summed E-state index contributed by atoms with van der Waals surface area (Å²) in [6.45, 7) is 13.6. The summed E-state index contributed by atoms with van der Waals surface area (Å²) in [5.74, 6) is -2.23. The van der Waals surface area contributed by atoms with Crippen LogP contribution in [0.2, 0.25) is 0 Å². The van der Waals surface area contributed by atoms with Crippen molar-refractivity contribution in [1.29, 1.82) is 0 Å². The maximum absolute atomic E-state index is 14.7. The highest BCUT2D eigenvalue weighted by Crippen LogP contribution is 2.68. The lowest BCUT2D eigenvalue weighted by atomic mass is 9.71. The minimum Gasteiger partial charge on any atom is -0.465 e. The molecule has 7 atom stereocenters. The van der Waals surface area contributed by atoms with Crippen molar-refractivity contribution in [1.82, 2.24) is 4.90 Å². The summed E-state index contributed by atoms with van der Waals surface area (Å²) in [6, 6.07) is 4.59. The van der Waals surface area contributed by atoms with Crippen molar-refractivity contribution in [2.24, 2.45) is 11.8 Å². The number of fused-ring (bicyclic) bond motifs is 1. The highest BCUT2D eigenvalue weighted by Gasteiger charge is 2.76.